The van der Waals surface area contributed by atoms with Gasteiger partial charge in [0.2, 0.25) is 5.91 Å². The first kappa shape index (κ1) is 24.0. The number of anilines is 1. The third-order valence-corrected chi connectivity index (χ3v) is 6.05. The van der Waals surface area contributed by atoms with E-state index in [0.717, 1.165) is 24.8 Å². The van der Waals surface area contributed by atoms with Crippen LogP contribution in [0.1, 0.15) is 63.8 Å². The third kappa shape index (κ3) is 5.18. The molecule has 8 nitrogen and oxygen atoms in total. The Morgan fingerprint density at radius 1 is 1.21 bits per heavy atom. The lowest BCUT2D eigenvalue weighted by Crippen LogP contribution is -2.33. The van der Waals surface area contributed by atoms with Crippen LogP contribution < -0.4 is 10.9 Å². The molecule has 3 heterocycles. The van der Waals surface area contributed by atoms with Gasteiger partial charge in [0.15, 0.2) is 0 Å². The van der Waals surface area contributed by atoms with Crippen molar-refractivity contribution < 1.29 is 15.0 Å². The highest BCUT2D eigenvalue weighted by molar-refractivity contribution is 5.95. The van der Waals surface area contributed by atoms with E-state index in [-0.39, 0.29) is 23.9 Å². The minimum absolute atomic E-state index is 0.0349. The smallest absolute Gasteiger partial charge is 0.259 e. The van der Waals surface area contributed by atoms with Gasteiger partial charge >= 0.3 is 0 Å². The molecule has 34 heavy (non-hydrogen) atoms. The topological polar surface area (TPSA) is 117 Å². The molecule has 0 radical (unpaired) electrons. The molecule has 4 rings (SSSR count). The maximum absolute atomic E-state index is 13.7. The summed E-state index contributed by atoms with van der Waals surface area (Å²) in [5.74, 6) is 0.354. The second kappa shape index (κ2) is 9.27. The minimum atomic E-state index is -1.14. The molecule has 3 N–H and O–H groups in total. The molecule has 0 aromatic carbocycles. The number of aromatic nitrogens is 3. The summed E-state index contributed by atoms with van der Waals surface area (Å²) in [5, 5.41) is 24.4. The Balaban J connectivity index is 1.82. The summed E-state index contributed by atoms with van der Waals surface area (Å²) in [6, 6.07) is 5.26. The fraction of sp³-hybridized carbons (Fsp3) is 0.462. The number of fused-ring (bicyclic) bond motifs is 1. The molecule has 0 spiro atoms. The standard InChI is InChI=1S/C26H32N4O4/c1-5-6-22(31)20-9-15(2)19(13-27-20)18-10-17-12-28-23(29-24(32)16-7-8-16)11-21(17)30(25(18)33)14-26(3,4)34/h9-13,16,22,31,34H,5-8,14H2,1-4H3,(H,28,29,32)/t22-/m0/s1. The second-order valence-corrected chi connectivity index (χ2v) is 9.88. The van der Waals surface area contributed by atoms with Crippen molar-refractivity contribution >= 4 is 22.6 Å². The van der Waals surface area contributed by atoms with Crippen molar-refractivity contribution in [3.05, 3.63) is 52.2 Å². The van der Waals surface area contributed by atoms with Gasteiger partial charge in [-0.15, -0.1) is 0 Å². The molecule has 1 amide bonds. The molecule has 8 heteroatoms. The zero-order chi connectivity index (χ0) is 24.6. The summed E-state index contributed by atoms with van der Waals surface area (Å²) in [4.78, 5) is 34.7. The number of aliphatic hydroxyl groups excluding tert-OH is 1. The number of nitrogens with zero attached hydrogens (tertiary/aromatic N) is 3. The van der Waals surface area contributed by atoms with Crippen LogP contribution in [0.2, 0.25) is 0 Å². The molecular formula is C26H32N4O4. The number of carbonyl (C=O) groups is 1. The van der Waals surface area contributed by atoms with Crippen LogP contribution in [0.4, 0.5) is 5.82 Å². The molecule has 0 saturated heterocycles. The highest BCUT2D eigenvalue weighted by Gasteiger charge is 2.30. The number of carbonyl (C=O) groups excluding carboxylic acids is 1. The zero-order valence-electron chi connectivity index (χ0n) is 20.1. The molecule has 1 aliphatic carbocycles. The summed E-state index contributed by atoms with van der Waals surface area (Å²) in [7, 11) is 0. The van der Waals surface area contributed by atoms with Crippen LogP contribution in [-0.4, -0.2) is 36.3 Å². The first-order chi connectivity index (χ1) is 16.1. The number of amides is 1. The van der Waals surface area contributed by atoms with E-state index in [2.05, 4.69) is 15.3 Å². The summed E-state index contributed by atoms with van der Waals surface area (Å²) < 4.78 is 1.53. The van der Waals surface area contributed by atoms with Crippen LogP contribution in [0.15, 0.2) is 35.4 Å². The number of hydrogen-bond acceptors (Lipinski definition) is 6. The molecule has 3 aromatic rings. The lowest BCUT2D eigenvalue weighted by Gasteiger charge is -2.22. The van der Waals surface area contributed by atoms with Gasteiger partial charge in [-0.1, -0.05) is 13.3 Å². The van der Waals surface area contributed by atoms with Crippen LogP contribution in [0.5, 0.6) is 0 Å². The monoisotopic (exact) mass is 464 g/mol. The average molecular weight is 465 g/mol. The largest absolute Gasteiger partial charge is 0.389 e. The predicted octanol–water partition coefficient (Wildman–Crippen LogP) is 3.72. The van der Waals surface area contributed by atoms with Gasteiger partial charge in [0.1, 0.15) is 5.82 Å². The molecule has 1 fully saturated rings. The van der Waals surface area contributed by atoms with E-state index in [1.807, 2.05) is 19.9 Å². The van der Waals surface area contributed by atoms with Gasteiger partial charge in [0, 0.05) is 40.9 Å². The molecule has 0 unspecified atom stereocenters. The van der Waals surface area contributed by atoms with E-state index < -0.39 is 11.7 Å². The van der Waals surface area contributed by atoms with Crippen molar-refractivity contribution in [2.24, 2.45) is 5.92 Å². The average Bonchev–Trinajstić information content (AvgIpc) is 3.61. The molecule has 0 bridgehead atoms. The van der Waals surface area contributed by atoms with Crippen LogP contribution in [-0.2, 0) is 11.3 Å². The maximum Gasteiger partial charge on any atom is 0.259 e. The normalized spacial score (nSPS) is 14.9. The molecular weight excluding hydrogens is 432 g/mol. The van der Waals surface area contributed by atoms with Gasteiger partial charge in [-0.05, 0) is 57.7 Å². The minimum Gasteiger partial charge on any atom is -0.389 e. The van der Waals surface area contributed by atoms with Gasteiger partial charge < -0.3 is 20.1 Å². The van der Waals surface area contributed by atoms with E-state index in [9.17, 15) is 19.8 Å². The van der Waals surface area contributed by atoms with Crippen molar-refractivity contribution in [2.75, 3.05) is 5.32 Å². The molecule has 0 aliphatic heterocycles. The number of aryl methyl sites for hydroxylation is 1. The summed E-state index contributed by atoms with van der Waals surface area (Å²) in [6.45, 7) is 7.24. The summed E-state index contributed by atoms with van der Waals surface area (Å²) >= 11 is 0. The fourth-order valence-corrected chi connectivity index (χ4v) is 4.11. The van der Waals surface area contributed by atoms with Gasteiger partial charge in [0.25, 0.3) is 5.56 Å². The van der Waals surface area contributed by atoms with Crippen LogP contribution >= 0.6 is 0 Å². The van der Waals surface area contributed by atoms with E-state index in [4.69, 9.17) is 0 Å². The lowest BCUT2D eigenvalue weighted by molar-refractivity contribution is -0.117. The summed E-state index contributed by atoms with van der Waals surface area (Å²) in [6.07, 6.45) is 5.83. The van der Waals surface area contributed by atoms with Crippen LogP contribution in [0.25, 0.3) is 22.0 Å². The van der Waals surface area contributed by atoms with E-state index >= 15 is 0 Å². The Labute approximate surface area is 198 Å². The number of aliphatic hydroxyl groups is 2. The van der Waals surface area contributed by atoms with Gasteiger partial charge in [-0.25, -0.2) is 4.98 Å². The van der Waals surface area contributed by atoms with Crippen molar-refractivity contribution in [1.82, 2.24) is 14.5 Å². The number of hydrogen-bond donors (Lipinski definition) is 3. The van der Waals surface area contributed by atoms with E-state index in [0.29, 0.717) is 40.0 Å². The fourth-order valence-electron chi connectivity index (χ4n) is 4.11. The van der Waals surface area contributed by atoms with Crippen LogP contribution in [0, 0.1) is 12.8 Å². The van der Waals surface area contributed by atoms with E-state index in [1.165, 1.54) is 4.57 Å². The number of rotatable bonds is 8. The molecule has 3 aromatic heterocycles. The Morgan fingerprint density at radius 3 is 2.56 bits per heavy atom. The second-order valence-electron chi connectivity index (χ2n) is 9.88. The molecule has 180 valence electrons. The molecule has 1 atom stereocenters. The first-order valence-corrected chi connectivity index (χ1v) is 11.8. The maximum atomic E-state index is 13.7. The number of pyridine rings is 3. The Kier molecular flexibility index (Phi) is 6.55. The quantitative estimate of drug-likeness (QED) is 0.468. The third-order valence-electron chi connectivity index (χ3n) is 6.05. The first-order valence-electron chi connectivity index (χ1n) is 11.8. The zero-order valence-corrected chi connectivity index (χ0v) is 20.1. The molecule has 1 saturated carbocycles. The highest BCUT2D eigenvalue weighted by atomic mass is 16.3. The summed E-state index contributed by atoms with van der Waals surface area (Å²) in [5.41, 5.74) is 1.68. The highest BCUT2D eigenvalue weighted by Crippen LogP contribution is 2.31. The SMILES string of the molecule is CCC[C@H](O)c1cc(C)c(-c2cc3cnc(NC(=O)C4CC4)cc3n(CC(C)(C)O)c2=O)cn1. The Morgan fingerprint density at radius 2 is 1.94 bits per heavy atom. The van der Waals surface area contributed by atoms with Crippen molar-refractivity contribution in [2.45, 2.75) is 71.6 Å². The molecule has 1 aliphatic rings. The van der Waals surface area contributed by atoms with Gasteiger partial charge in [-0.3, -0.25) is 14.6 Å². The number of nitrogens with one attached hydrogen (secondary N) is 1. The lowest BCUT2D eigenvalue weighted by atomic mass is 10.00. The van der Waals surface area contributed by atoms with Crippen molar-refractivity contribution in [1.29, 1.82) is 0 Å². The Hall–Kier alpha value is -3.10. The van der Waals surface area contributed by atoms with Crippen LogP contribution in [0.3, 0.4) is 0 Å². The van der Waals surface area contributed by atoms with Crippen molar-refractivity contribution in [3.8, 4) is 11.1 Å². The van der Waals surface area contributed by atoms with E-state index in [1.54, 1.807) is 38.4 Å². The predicted molar refractivity (Wildman–Crippen MR) is 131 cm³/mol. The Bertz CT molecular complexity index is 1290. The van der Waals surface area contributed by atoms with Gasteiger partial charge in [-0.2, -0.15) is 0 Å². The van der Waals surface area contributed by atoms with Gasteiger partial charge in [0.05, 0.1) is 29.5 Å². The van der Waals surface area contributed by atoms with Crippen molar-refractivity contribution in [3.63, 3.8) is 0 Å².